The standard InChI is InChI=1S/C14H11BrFN/c15-12-3-1-2-11(14(12)16)9-4-5-13-10(8-9)6-7-17-13/h1-5,8,17H,6-7H2. The van der Waals surface area contributed by atoms with Gasteiger partial charge in [0.2, 0.25) is 0 Å². The smallest absolute Gasteiger partial charge is 0.145 e. The van der Waals surface area contributed by atoms with Gasteiger partial charge in [-0.05, 0) is 51.7 Å². The molecule has 3 heteroatoms. The van der Waals surface area contributed by atoms with Gasteiger partial charge in [0.1, 0.15) is 5.82 Å². The van der Waals surface area contributed by atoms with Crippen molar-refractivity contribution in [3.05, 3.63) is 52.3 Å². The van der Waals surface area contributed by atoms with Gasteiger partial charge in [0.15, 0.2) is 0 Å². The fraction of sp³-hybridized carbons (Fsp3) is 0.143. The average Bonchev–Trinajstić information content (AvgIpc) is 2.79. The van der Waals surface area contributed by atoms with Crippen LogP contribution in [0.4, 0.5) is 10.1 Å². The lowest BCUT2D eigenvalue weighted by molar-refractivity contribution is 0.624. The minimum atomic E-state index is -0.196. The topological polar surface area (TPSA) is 12.0 Å². The molecule has 1 nitrogen and oxygen atoms in total. The quantitative estimate of drug-likeness (QED) is 0.829. The maximum atomic E-state index is 14.0. The maximum absolute atomic E-state index is 14.0. The summed E-state index contributed by atoms with van der Waals surface area (Å²) in [6.45, 7) is 0.972. The van der Waals surface area contributed by atoms with E-state index in [4.69, 9.17) is 0 Å². The number of hydrogen-bond donors (Lipinski definition) is 1. The van der Waals surface area contributed by atoms with Crippen molar-refractivity contribution in [3.8, 4) is 11.1 Å². The monoisotopic (exact) mass is 291 g/mol. The van der Waals surface area contributed by atoms with Crippen molar-refractivity contribution in [2.24, 2.45) is 0 Å². The molecule has 0 aliphatic carbocycles. The summed E-state index contributed by atoms with van der Waals surface area (Å²) in [5.74, 6) is -0.196. The minimum Gasteiger partial charge on any atom is -0.384 e. The molecule has 0 saturated heterocycles. The number of halogens is 2. The molecule has 0 saturated carbocycles. The third-order valence-corrected chi connectivity index (χ3v) is 3.69. The summed E-state index contributed by atoms with van der Waals surface area (Å²) in [4.78, 5) is 0. The first kappa shape index (κ1) is 10.8. The lowest BCUT2D eigenvalue weighted by Gasteiger charge is -2.07. The van der Waals surface area contributed by atoms with E-state index in [0.29, 0.717) is 10.0 Å². The molecule has 0 aromatic heterocycles. The Morgan fingerprint density at radius 3 is 2.94 bits per heavy atom. The molecular weight excluding hydrogens is 281 g/mol. The van der Waals surface area contributed by atoms with E-state index < -0.39 is 0 Å². The molecule has 2 aromatic carbocycles. The van der Waals surface area contributed by atoms with Gasteiger partial charge in [-0.25, -0.2) is 4.39 Å². The van der Waals surface area contributed by atoms with E-state index in [1.165, 1.54) is 11.3 Å². The molecule has 1 aliphatic rings. The van der Waals surface area contributed by atoms with E-state index in [1.54, 1.807) is 6.07 Å². The summed E-state index contributed by atoms with van der Waals surface area (Å²) in [5, 5.41) is 3.30. The highest BCUT2D eigenvalue weighted by Gasteiger charge is 2.13. The highest BCUT2D eigenvalue weighted by atomic mass is 79.9. The molecule has 86 valence electrons. The number of nitrogens with one attached hydrogen (secondary N) is 1. The van der Waals surface area contributed by atoms with Crippen LogP contribution in [0.2, 0.25) is 0 Å². The minimum absolute atomic E-state index is 0.196. The molecule has 0 unspecified atom stereocenters. The van der Waals surface area contributed by atoms with Gasteiger partial charge in [-0.2, -0.15) is 0 Å². The molecule has 0 spiro atoms. The van der Waals surface area contributed by atoms with E-state index in [9.17, 15) is 4.39 Å². The zero-order valence-corrected chi connectivity index (χ0v) is 10.7. The first-order valence-electron chi connectivity index (χ1n) is 5.57. The summed E-state index contributed by atoms with van der Waals surface area (Å²) >= 11 is 3.22. The first-order chi connectivity index (χ1) is 8.25. The maximum Gasteiger partial charge on any atom is 0.145 e. The van der Waals surface area contributed by atoms with E-state index >= 15 is 0 Å². The molecule has 0 amide bonds. The Morgan fingerprint density at radius 1 is 1.18 bits per heavy atom. The highest BCUT2D eigenvalue weighted by molar-refractivity contribution is 9.10. The molecule has 1 heterocycles. The zero-order chi connectivity index (χ0) is 11.8. The van der Waals surface area contributed by atoms with Crippen molar-refractivity contribution in [2.75, 3.05) is 11.9 Å². The van der Waals surface area contributed by atoms with Crippen LogP contribution in [0.15, 0.2) is 40.9 Å². The summed E-state index contributed by atoms with van der Waals surface area (Å²) in [6, 6.07) is 11.4. The molecule has 0 fully saturated rings. The van der Waals surface area contributed by atoms with E-state index in [0.717, 1.165) is 18.5 Å². The van der Waals surface area contributed by atoms with Crippen molar-refractivity contribution >= 4 is 21.6 Å². The van der Waals surface area contributed by atoms with E-state index in [1.807, 2.05) is 24.3 Å². The van der Waals surface area contributed by atoms with Crippen molar-refractivity contribution in [3.63, 3.8) is 0 Å². The Hall–Kier alpha value is -1.35. The third-order valence-electron chi connectivity index (χ3n) is 3.08. The molecule has 0 atom stereocenters. The van der Waals surface area contributed by atoms with Gasteiger partial charge in [-0.1, -0.05) is 18.2 Å². The summed E-state index contributed by atoms with van der Waals surface area (Å²) < 4.78 is 14.5. The van der Waals surface area contributed by atoms with Crippen LogP contribution < -0.4 is 5.32 Å². The molecule has 2 aromatic rings. The molecular formula is C14H11BrFN. The number of hydrogen-bond acceptors (Lipinski definition) is 1. The fourth-order valence-corrected chi connectivity index (χ4v) is 2.57. The Balaban J connectivity index is 2.13. The molecule has 3 rings (SSSR count). The predicted octanol–water partition coefficient (Wildman–Crippen LogP) is 4.22. The van der Waals surface area contributed by atoms with Crippen LogP contribution in [0.1, 0.15) is 5.56 Å². The van der Waals surface area contributed by atoms with Crippen LogP contribution in [-0.4, -0.2) is 6.54 Å². The number of benzene rings is 2. The molecule has 1 aliphatic heterocycles. The van der Waals surface area contributed by atoms with E-state index in [2.05, 4.69) is 27.3 Å². The van der Waals surface area contributed by atoms with Crippen LogP contribution in [0.25, 0.3) is 11.1 Å². The Kier molecular flexibility index (Phi) is 2.63. The number of rotatable bonds is 1. The lowest BCUT2D eigenvalue weighted by Crippen LogP contribution is -1.90. The van der Waals surface area contributed by atoms with Crippen LogP contribution in [0.5, 0.6) is 0 Å². The summed E-state index contributed by atoms with van der Waals surface area (Å²) in [7, 11) is 0. The average molecular weight is 292 g/mol. The Labute approximate surface area is 108 Å². The zero-order valence-electron chi connectivity index (χ0n) is 9.13. The largest absolute Gasteiger partial charge is 0.384 e. The molecule has 0 radical (unpaired) electrons. The Bertz CT molecular complexity index is 580. The molecule has 1 N–H and O–H groups in total. The SMILES string of the molecule is Fc1c(Br)cccc1-c1ccc2c(c1)CCN2. The normalized spacial score (nSPS) is 13.3. The van der Waals surface area contributed by atoms with Gasteiger partial charge in [0, 0.05) is 17.8 Å². The van der Waals surface area contributed by atoms with Crippen LogP contribution >= 0.6 is 15.9 Å². The third kappa shape index (κ3) is 1.84. The van der Waals surface area contributed by atoms with Crippen molar-refractivity contribution in [1.82, 2.24) is 0 Å². The second-order valence-electron chi connectivity index (χ2n) is 4.15. The number of fused-ring (bicyclic) bond motifs is 1. The highest BCUT2D eigenvalue weighted by Crippen LogP contribution is 2.32. The summed E-state index contributed by atoms with van der Waals surface area (Å²) in [5.41, 5.74) is 4.02. The molecule has 0 bridgehead atoms. The van der Waals surface area contributed by atoms with Crippen LogP contribution in [0.3, 0.4) is 0 Å². The van der Waals surface area contributed by atoms with Gasteiger partial charge in [-0.3, -0.25) is 0 Å². The second kappa shape index (κ2) is 4.15. The van der Waals surface area contributed by atoms with Crippen LogP contribution in [0, 0.1) is 5.82 Å². The van der Waals surface area contributed by atoms with Gasteiger partial charge in [-0.15, -0.1) is 0 Å². The molecule has 17 heavy (non-hydrogen) atoms. The van der Waals surface area contributed by atoms with Gasteiger partial charge >= 0.3 is 0 Å². The fourth-order valence-electron chi connectivity index (χ4n) is 2.20. The predicted molar refractivity (Wildman–Crippen MR) is 71.7 cm³/mol. The van der Waals surface area contributed by atoms with Crippen molar-refractivity contribution in [2.45, 2.75) is 6.42 Å². The van der Waals surface area contributed by atoms with Gasteiger partial charge in [0.25, 0.3) is 0 Å². The van der Waals surface area contributed by atoms with Crippen LogP contribution in [-0.2, 0) is 6.42 Å². The number of anilines is 1. The van der Waals surface area contributed by atoms with Crippen molar-refractivity contribution < 1.29 is 4.39 Å². The van der Waals surface area contributed by atoms with E-state index in [-0.39, 0.29) is 5.82 Å². The summed E-state index contributed by atoms with van der Waals surface area (Å²) in [6.07, 6.45) is 1.01. The first-order valence-corrected chi connectivity index (χ1v) is 6.36. The van der Waals surface area contributed by atoms with Crippen molar-refractivity contribution in [1.29, 1.82) is 0 Å². The van der Waals surface area contributed by atoms with Gasteiger partial charge < -0.3 is 5.32 Å². The second-order valence-corrected chi connectivity index (χ2v) is 5.00. The Morgan fingerprint density at radius 2 is 2.06 bits per heavy atom. The lowest BCUT2D eigenvalue weighted by atomic mass is 10.0. The van der Waals surface area contributed by atoms with Gasteiger partial charge in [0.05, 0.1) is 4.47 Å².